The van der Waals surface area contributed by atoms with Crippen LogP contribution in [0.4, 0.5) is 16.2 Å². The van der Waals surface area contributed by atoms with Crippen molar-refractivity contribution >= 4 is 30.0 Å². The molecule has 0 unspecified atom stereocenters. The molecule has 0 radical (unpaired) electrons. The van der Waals surface area contributed by atoms with Gasteiger partial charge in [-0.05, 0) is 99.6 Å². The van der Waals surface area contributed by atoms with Gasteiger partial charge in [-0.15, -0.1) is 0 Å². The highest BCUT2D eigenvalue weighted by Crippen LogP contribution is 2.35. The van der Waals surface area contributed by atoms with Crippen LogP contribution in [0.5, 0.6) is 0 Å². The first-order chi connectivity index (χ1) is 20.9. The van der Waals surface area contributed by atoms with Crippen LogP contribution in [-0.2, 0) is 0 Å². The number of rotatable bonds is 8. The van der Waals surface area contributed by atoms with Gasteiger partial charge in [0.25, 0.3) is 0 Å². The van der Waals surface area contributed by atoms with Gasteiger partial charge >= 0.3 is 0 Å². The molecule has 5 nitrogen and oxygen atoms in total. The summed E-state index contributed by atoms with van der Waals surface area (Å²) in [5.41, 5.74) is 6.13. The Kier molecular flexibility index (Phi) is 11.3. The van der Waals surface area contributed by atoms with E-state index in [1.165, 1.54) is 32.0 Å². The number of hydrogen-bond acceptors (Lipinski definition) is 5. The Bertz CT molecular complexity index is 1410. The number of aryl methyl sites for hydroxylation is 2. The van der Waals surface area contributed by atoms with Gasteiger partial charge in [-0.2, -0.15) is 4.98 Å². The van der Waals surface area contributed by atoms with Crippen LogP contribution >= 0.6 is 0 Å². The smallest absolute Gasteiger partial charge is 0.227 e. The molecule has 2 aliphatic rings. The molecule has 0 aliphatic carbocycles. The number of piperidine rings is 2. The summed E-state index contributed by atoms with van der Waals surface area (Å²) in [5, 5.41) is 3.26. The molecule has 0 bridgehead atoms. The largest absolute Gasteiger partial charge is 0.347 e. The molecule has 2 aromatic carbocycles. The molecule has 43 heavy (non-hydrogen) atoms. The summed E-state index contributed by atoms with van der Waals surface area (Å²) in [4.78, 5) is 15.2. The average molecular weight is 582 g/mol. The third kappa shape index (κ3) is 7.61. The van der Waals surface area contributed by atoms with E-state index in [2.05, 4.69) is 60.3 Å². The van der Waals surface area contributed by atoms with Crippen molar-refractivity contribution in [3.05, 3.63) is 89.4 Å². The van der Waals surface area contributed by atoms with Gasteiger partial charge in [0, 0.05) is 35.8 Å². The van der Waals surface area contributed by atoms with Crippen molar-refractivity contribution in [3.63, 3.8) is 0 Å². The van der Waals surface area contributed by atoms with E-state index >= 15 is 0 Å². The highest BCUT2D eigenvalue weighted by molar-refractivity contribution is 5.87. The second-order valence-corrected chi connectivity index (χ2v) is 11.5. The number of nitrogens with zero attached hydrogens (tertiary/aromatic N) is 4. The maximum atomic E-state index is 14.7. The van der Waals surface area contributed by atoms with Gasteiger partial charge in [0.15, 0.2) is 0 Å². The van der Waals surface area contributed by atoms with E-state index in [4.69, 9.17) is 9.97 Å². The molecule has 0 amide bonds. The molecule has 2 fully saturated rings. The van der Waals surface area contributed by atoms with Crippen molar-refractivity contribution in [3.8, 4) is 11.3 Å². The molecule has 3 heterocycles. The molecule has 6 heteroatoms. The summed E-state index contributed by atoms with van der Waals surface area (Å²) >= 11 is 0. The van der Waals surface area contributed by atoms with Crippen molar-refractivity contribution < 1.29 is 4.39 Å². The van der Waals surface area contributed by atoms with Gasteiger partial charge in [-0.25, -0.2) is 9.37 Å². The van der Waals surface area contributed by atoms with Crippen LogP contribution in [0.2, 0.25) is 0 Å². The van der Waals surface area contributed by atoms with Crippen LogP contribution in [0, 0.1) is 25.6 Å². The lowest BCUT2D eigenvalue weighted by Gasteiger charge is -2.41. The van der Waals surface area contributed by atoms with Gasteiger partial charge < -0.3 is 15.1 Å². The monoisotopic (exact) mass is 581 g/mol. The molecule has 1 N–H and O–H groups in total. The van der Waals surface area contributed by atoms with Crippen molar-refractivity contribution in [2.24, 2.45) is 5.92 Å². The lowest BCUT2D eigenvalue weighted by atomic mass is 9.95. The standard InChI is InChI=1S/C35H42FN5.C2H6/c1-6-27-12-11-26(5)31(23-27)33-30(14-13-29-25(4)9-8-10-32(29)36)34(37-7-2)39-35(38-33)41-21-17-28(18-22-41)40-19-15-24(3)16-20-40;1-2/h6-14,23-24,28H,1-2,15-22H2,3-5H3,(H,37,38,39);1-2H3/b14-13-;. The summed E-state index contributed by atoms with van der Waals surface area (Å²) in [7, 11) is 0. The number of nitrogens with one attached hydrogen (secondary N) is 1. The Labute approximate surface area is 258 Å². The Morgan fingerprint density at radius 2 is 1.58 bits per heavy atom. The van der Waals surface area contributed by atoms with E-state index in [0.717, 1.165) is 65.4 Å². The molecule has 228 valence electrons. The number of hydrogen-bond donors (Lipinski definition) is 1. The quantitative estimate of drug-likeness (QED) is 0.288. The molecule has 1 aromatic heterocycles. The minimum atomic E-state index is -0.255. The van der Waals surface area contributed by atoms with E-state index in [0.29, 0.717) is 23.4 Å². The number of likely N-dealkylation sites (tertiary alicyclic amines) is 1. The van der Waals surface area contributed by atoms with Crippen LogP contribution in [0.1, 0.15) is 74.3 Å². The van der Waals surface area contributed by atoms with E-state index < -0.39 is 0 Å². The van der Waals surface area contributed by atoms with Crippen molar-refractivity contribution in [1.29, 1.82) is 0 Å². The molecular formula is C37H48FN5. The predicted octanol–water partition coefficient (Wildman–Crippen LogP) is 9.00. The predicted molar refractivity (Wildman–Crippen MR) is 183 cm³/mol. The fourth-order valence-corrected chi connectivity index (χ4v) is 6.04. The number of anilines is 2. The SMILES string of the molecule is C=CNc1nc(N2CCC(N3CCC(C)CC3)CC2)nc(-c2cc(C=C)ccc2C)c1/C=C\c1c(C)cccc1F.CC. The van der Waals surface area contributed by atoms with E-state index in [1.54, 1.807) is 12.3 Å². The van der Waals surface area contributed by atoms with Crippen LogP contribution in [0.3, 0.4) is 0 Å². The number of benzene rings is 2. The van der Waals surface area contributed by atoms with Crippen LogP contribution in [-0.4, -0.2) is 47.1 Å². The maximum absolute atomic E-state index is 14.7. The first kappa shape index (κ1) is 32.2. The van der Waals surface area contributed by atoms with Gasteiger partial charge in [0.1, 0.15) is 11.6 Å². The third-order valence-corrected chi connectivity index (χ3v) is 8.69. The number of halogens is 1. The summed E-state index contributed by atoms with van der Waals surface area (Å²) in [6, 6.07) is 12.0. The van der Waals surface area contributed by atoms with E-state index in [-0.39, 0.29) is 5.82 Å². The summed E-state index contributed by atoms with van der Waals surface area (Å²) in [6.45, 7) is 22.5. The summed E-state index contributed by atoms with van der Waals surface area (Å²) in [5.74, 6) is 1.94. The molecule has 2 aliphatic heterocycles. The zero-order chi connectivity index (χ0) is 30.9. The number of aromatic nitrogens is 2. The second-order valence-electron chi connectivity index (χ2n) is 11.5. The fraction of sp³-hybridized carbons (Fsp3) is 0.405. The first-order valence-electron chi connectivity index (χ1n) is 15.8. The van der Waals surface area contributed by atoms with Crippen molar-refractivity contribution in [2.75, 3.05) is 36.4 Å². The molecule has 0 saturated carbocycles. The minimum Gasteiger partial charge on any atom is -0.347 e. The molecule has 0 spiro atoms. The van der Waals surface area contributed by atoms with Crippen molar-refractivity contribution in [2.45, 2.75) is 66.3 Å². The lowest BCUT2D eigenvalue weighted by Crippen LogP contribution is -2.48. The van der Waals surface area contributed by atoms with Gasteiger partial charge in [0.2, 0.25) is 5.95 Å². The molecule has 5 rings (SSSR count). The van der Waals surface area contributed by atoms with E-state index in [1.807, 2.05) is 45.1 Å². The second kappa shape index (κ2) is 15.1. The molecule has 2 saturated heterocycles. The van der Waals surface area contributed by atoms with Crippen LogP contribution < -0.4 is 10.2 Å². The van der Waals surface area contributed by atoms with Crippen LogP contribution in [0.15, 0.2) is 55.8 Å². The molecule has 0 atom stereocenters. The zero-order valence-electron chi connectivity index (χ0n) is 26.7. The van der Waals surface area contributed by atoms with Crippen molar-refractivity contribution in [1.82, 2.24) is 14.9 Å². The fourth-order valence-electron chi connectivity index (χ4n) is 6.04. The normalized spacial score (nSPS) is 16.6. The lowest BCUT2D eigenvalue weighted by molar-refractivity contribution is 0.120. The topological polar surface area (TPSA) is 44.3 Å². The first-order valence-corrected chi connectivity index (χ1v) is 15.8. The minimum absolute atomic E-state index is 0.255. The highest BCUT2D eigenvalue weighted by atomic mass is 19.1. The maximum Gasteiger partial charge on any atom is 0.227 e. The Morgan fingerprint density at radius 1 is 0.884 bits per heavy atom. The Balaban J connectivity index is 0.00000207. The summed E-state index contributed by atoms with van der Waals surface area (Å²) < 4.78 is 14.7. The van der Waals surface area contributed by atoms with E-state index in [9.17, 15) is 4.39 Å². The zero-order valence-corrected chi connectivity index (χ0v) is 26.7. The van der Waals surface area contributed by atoms with Crippen LogP contribution in [0.25, 0.3) is 29.5 Å². The molecular weight excluding hydrogens is 533 g/mol. The average Bonchev–Trinajstić information content (AvgIpc) is 3.03. The Morgan fingerprint density at radius 3 is 2.23 bits per heavy atom. The van der Waals surface area contributed by atoms with Gasteiger partial charge in [-0.3, -0.25) is 0 Å². The Hall–Kier alpha value is -3.77. The third-order valence-electron chi connectivity index (χ3n) is 8.69. The van der Waals surface area contributed by atoms with Gasteiger partial charge in [0.05, 0.1) is 5.69 Å². The summed E-state index contributed by atoms with van der Waals surface area (Å²) in [6.07, 6.45) is 12.0. The highest BCUT2D eigenvalue weighted by Gasteiger charge is 2.29. The molecule has 3 aromatic rings. The van der Waals surface area contributed by atoms with Gasteiger partial charge in [-0.1, -0.05) is 70.3 Å².